The van der Waals surface area contributed by atoms with Crippen LogP contribution in [0.4, 0.5) is 0 Å². The van der Waals surface area contributed by atoms with Gasteiger partial charge in [0.2, 0.25) is 5.91 Å². The Kier molecular flexibility index (Phi) is 10.4. The number of aliphatic imine (C=N–C) groups is 1. The number of guanidine groups is 1. The maximum atomic E-state index is 11.8. The maximum Gasteiger partial charge on any atom is 0.243 e. The summed E-state index contributed by atoms with van der Waals surface area (Å²) < 4.78 is 2.02. The standard InChI is InChI=1S/C18H28N6OS.HI/c1-14-11-15(2)24(22-14)9-6-8-19-18(21-13-17(25)23(3)4)20-12-16-7-5-10-26-16;/h5,7,10-11H,6,8-9,12-13H2,1-4H3,(H2,19,20,21);1H. The van der Waals surface area contributed by atoms with E-state index in [2.05, 4.69) is 39.8 Å². The van der Waals surface area contributed by atoms with E-state index >= 15 is 0 Å². The van der Waals surface area contributed by atoms with Crippen molar-refractivity contribution in [3.05, 3.63) is 39.8 Å². The van der Waals surface area contributed by atoms with E-state index < -0.39 is 0 Å². The first-order valence-electron chi connectivity index (χ1n) is 8.71. The molecule has 0 saturated heterocycles. The zero-order chi connectivity index (χ0) is 18.9. The molecule has 150 valence electrons. The second-order valence-electron chi connectivity index (χ2n) is 6.32. The van der Waals surface area contributed by atoms with E-state index in [1.165, 1.54) is 10.6 Å². The average molecular weight is 504 g/mol. The molecule has 0 aromatic carbocycles. The van der Waals surface area contributed by atoms with Gasteiger partial charge in [-0.2, -0.15) is 5.10 Å². The van der Waals surface area contributed by atoms with Crippen LogP contribution in [0.2, 0.25) is 0 Å². The molecule has 2 aromatic rings. The molecule has 0 radical (unpaired) electrons. The van der Waals surface area contributed by atoms with Gasteiger partial charge in [0.1, 0.15) is 6.54 Å². The molecule has 0 fully saturated rings. The number of aryl methyl sites for hydroxylation is 3. The molecule has 0 atom stereocenters. The predicted octanol–water partition coefficient (Wildman–Crippen LogP) is 2.39. The van der Waals surface area contributed by atoms with Gasteiger partial charge in [-0.05, 0) is 37.8 Å². The van der Waals surface area contributed by atoms with E-state index in [1.807, 2.05) is 23.1 Å². The highest BCUT2D eigenvalue weighted by Gasteiger charge is 2.05. The Bertz CT molecular complexity index is 726. The summed E-state index contributed by atoms with van der Waals surface area (Å²) in [4.78, 5) is 19.0. The third-order valence-electron chi connectivity index (χ3n) is 3.82. The summed E-state index contributed by atoms with van der Waals surface area (Å²) in [6, 6.07) is 6.18. The Morgan fingerprint density at radius 3 is 2.70 bits per heavy atom. The molecule has 0 aliphatic heterocycles. The molecule has 2 rings (SSSR count). The number of thiophene rings is 1. The number of carbonyl (C=O) groups excluding carboxylic acids is 1. The lowest BCUT2D eigenvalue weighted by Gasteiger charge is -2.13. The summed E-state index contributed by atoms with van der Waals surface area (Å²) in [5, 5.41) is 13.1. The maximum absolute atomic E-state index is 11.8. The lowest BCUT2D eigenvalue weighted by molar-refractivity contribution is -0.127. The fourth-order valence-electron chi connectivity index (χ4n) is 2.38. The van der Waals surface area contributed by atoms with Crippen molar-refractivity contribution < 1.29 is 4.79 Å². The van der Waals surface area contributed by atoms with Crippen LogP contribution in [0.1, 0.15) is 22.7 Å². The van der Waals surface area contributed by atoms with Gasteiger partial charge < -0.3 is 15.5 Å². The normalized spacial score (nSPS) is 11.0. The minimum atomic E-state index is -0.0233. The highest BCUT2D eigenvalue weighted by Crippen LogP contribution is 2.07. The van der Waals surface area contributed by atoms with Crippen molar-refractivity contribution in [2.45, 2.75) is 33.4 Å². The number of halogens is 1. The number of aromatic nitrogens is 2. The van der Waals surface area contributed by atoms with Crippen LogP contribution >= 0.6 is 35.3 Å². The Labute approximate surface area is 182 Å². The van der Waals surface area contributed by atoms with Gasteiger partial charge in [0, 0.05) is 37.8 Å². The van der Waals surface area contributed by atoms with Gasteiger partial charge in [0.15, 0.2) is 5.96 Å². The summed E-state index contributed by atoms with van der Waals surface area (Å²) in [7, 11) is 3.47. The van der Waals surface area contributed by atoms with Gasteiger partial charge >= 0.3 is 0 Å². The van der Waals surface area contributed by atoms with Crippen LogP contribution in [0.5, 0.6) is 0 Å². The quantitative estimate of drug-likeness (QED) is 0.251. The smallest absolute Gasteiger partial charge is 0.243 e. The number of nitrogens with zero attached hydrogens (tertiary/aromatic N) is 4. The minimum Gasteiger partial charge on any atom is -0.356 e. The van der Waals surface area contributed by atoms with Crippen LogP contribution in [-0.4, -0.2) is 53.7 Å². The fourth-order valence-corrected chi connectivity index (χ4v) is 3.03. The molecule has 0 saturated carbocycles. The third-order valence-corrected chi connectivity index (χ3v) is 4.70. The van der Waals surface area contributed by atoms with Crippen LogP contribution in [-0.2, 0) is 17.9 Å². The number of amides is 1. The molecule has 2 N–H and O–H groups in total. The van der Waals surface area contributed by atoms with E-state index in [0.717, 1.165) is 25.2 Å². The number of hydrogen-bond donors (Lipinski definition) is 2. The lowest BCUT2D eigenvalue weighted by atomic mass is 10.4. The monoisotopic (exact) mass is 504 g/mol. The Morgan fingerprint density at radius 2 is 2.11 bits per heavy atom. The first kappa shape index (κ1) is 23.4. The van der Waals surface area contributed by atoms with Crippen molar-refractivity contribution >= 4 is 47.2 Å². The number of likely N-dealkylation sites (N-methyl/N-ethyl adjacent to an activating group) is 1. The summed E-state index contributed by atoms with van der Waals surface area (Å²) >= 11 is 1.69. The zero-order valence-electron chi connectivity index (χ0n) is 16.4. The molecular weight excluding hydrogens is 475 g/mol. The topological polar surface area (TPSA) is 74.6 Å². The van der Waals surface area contributed by atoms with Gasteiger partial charge in [-0.3, -0.25) is 9.48 Å². The summed E-state index contributed by atoms with van der Waals surface area (Å²) in [5.74, 6) is 0.631. The highest BCUT2D eigenvalue weighted by atomic mass is 127. The number of carbonyl (C=O) groups is 1. The first-order valence-corrected chi connectivity index (χ1v) is 9.59. The van der Waals surface area contributed by atoms with Gasteiger partial charge in [0.05, 0.1) is 12.2 Å². The molecule has 2 aromatic heterocycles. The zero-order valence-corrected chi connectivity index (χ0v) is 19.5. The molecule has 9 heteroatoms. The van der Waals surface area contributed by atoms with Crippen LogP contribution in [0.15, 0.2) is 28.6 Å². The molecule has 0 bridgehead atoms. The van der Waals surface area contributed by atoms with Gasteiger partial charge in [-0.25, -0.2) is 4.99 Å². The van der Waals surface area contributed by atoms with Crippen molar-refractivity contribution in [1.82, 2.24) is 25.3 Å². The average Bonchev–Trinajstić information content (AvgIpc) is 3.22. The molecule has 2 heterocycles. The molecule has 7 nitrogen and oxygen atoms in total. The number of rotatable bonds is 8. The van der Waals surface area contributed by atoms with Crippen molar-refractivity contribution in [3.8, 4) is 0 Å². The summed E-state index contributed by atoms with van der Waals surface area (Å²) in [6.07, 6.45) is 0.920. The van der Waals surface area contributed by atoms with E-state index in [-0.39, 0.29) is 36.4 Å². The van der Waals surface area contributed by atoms with Crippen LogP contribution in [0.25, 0.3) is 0 Å². The SMILES string of the molecule is Cc1cc(C)n(CCCNC(=NCC(=O)N(C)C)NCc2cccs2)n1.I. The minimum absolute atomic E-state index is 0. The Hall–Kier alpha value is -1.62. The van der Waals surface area contributed by atoms with E-state index in [0.29, 0.717) is 12.5 Å². The Morgan fingerprint density at radius 1 is 1.33 bits per heavy atom. The molecule has 0 unspecified atom stereocenters. The molecular formula is C18H29IN6OS. The molecule has 0 aliphatic rings. The van der Waals surface area contributed by atoms with Crippen LogP contribution in [0, 0.1) is 13.8 Å². The molecule has 0 aliphatic carbocycles. The van der Waals surface area contributed by atoms with E-state index in [9.17, 15) is 4.79 Å². The van der Waals surface area contributed by atoms with Crippen LogP contribution in [0.3, 0.4) is 0 Å². The van der Waals surface area contributed by atoms with Crippen molar-refractivity contribution in [2.24, 2.45) is 4.99 Å². The lowest BCUT2D eigenvalue weighted by Crippen LogP contribution is -2.38. The van der Waals surface area contributed by atoms with Crippen molar-refractivity contribution in [2.75, 3.05) is 27.2 Å². The first-order chi connectivity index (χ1) is 12.5. The van der Waals surface area contributed by atoms with Gasteiger partial charge in [-0.1, -0.05) is 6.07 Å². The van der Waals surface area contributed by atoms with Crippen LogP contribution < -0.4 is 10.6 Å². The van der Waals surface area contributed by atoms with Gasteiger partial charge in [-0.15, -0.1) is 35.3 Å². The molecule has 0 spiro atoms. The predicted molar refractivity (Wildman–Crippen MR) is 122 cm³/mol. The van der Waals surface area contributed by atoms with E-state index in [4.69, 9.17) is 0 Å². The molecule has 1 amide bonds. The number of hydrogen-bond acceptors (Lipinski definition) is 4. The second-order valence-corrected chi connectivity index (χ2v) is 7.35. The van der Waals surface area contributed by atoms with E-state index in [1.54, 1.807) is 30.3 Å². The number of nitrogens with one attached hydrogen (secondary N) is 2. The Balaban J connectivity index is 0.00000364. The van der Waals surface area contributed by atoms with Gasteiger partial charge in [0.25, 0.3) is 0 Å². The fraction of sp³-hybridized carbons (Fsp3) is 0.500. The van der Waals surface area contributed by atoms with Crippen molar-refractivity contribution in [3.63, 3.8) is 0 Å². The summed E-state index contributed by atoms with van der Waals surface area (Å²) in [5.41, 5.74) is 2.21. The second kappa shape index (κ2) is 12.0. The molecule has 27 heavy (non-hydrogen) atoms. The highest BCUT2D eigenvalue weighted by molar-refractivity contribution is 14.0. The summed E-state index contributed by atoms with van der Waals surface area (Å²) in [6.45, 7) is 6.49. The van der Waals surface area contributed by atoms with Crippen molar-refractivity contribution in [1.29, 1.82) is 0 Å². The largest absolute Gasteiger partial charge is 0.356 e. The third kappa shape index (κ3) is 8.29.